The molecular weight excluding hydrogens is 436 g/mol. The van der Waals surface area contributed by atoms with Crippen LogP contribution in [0.1, 0.15) is 52.2 Å². The molecule has 0 spiro atoms. The van der Waals surface area contributed by atoms with E-state index in [-0.39, 0.29) is 32.2 Å². The van der Waals surface area contributed by atoms with E-state index < -0.39 is 42.3 Å². The molecule has 1 aliphatic heterocycles. The van der Waals surface area contributed by atoms with Gasteiger partial charge in [-0.15, -0.1) is 0 Å². The van der Waals surface area contributed by atoms with Crippen molar-refractivity contribution in [3.8, 4) is 0 Å². The second kappa shape index (κ2) is 10.9. The van der Waals surface area contributed by atoms with Crippen molar-refractivity contribution >= 4 is 12.4 Å². The summed E-state index contributed by atoms with van der Waals surface area (Å²) in [5.74, 6) is -3.92. The Bertz CT molecular complexity index is 793. The molecule has 2 rings (SSSR count). The van der Waals surface area contributed by atoms with Gasteiger partial charge in [0.15, 0.2) is 0 Å². The summed E-state index contributed by atoms with van der Waals surface area (Å²) in [7, 11) is 0. The van der Waals surface area contributed by atoms with Gasteiger partial charge in [0.2, 0.25) is 0 Å². The Hall–Kier alpha value is -2.10. The molecule has 1 aromatic rings. The molecule has 1 aromatic carbocycles. The van der Waals surface area contributed by atoms with Crippen LogP contribution in [0.3, 0.4) is 0 Å². The molecule has 1 N–H and O–H groups in total. The van der Waals surface area contributed by atoms with Gasteiger partial charge in [0.05, 0.1) is 18.6 Å². The summed E-state index contributed by atoms with van der Waals surface area (Å²) in [5.41, 5.74) is -0.939. The molecule has 186 valence electrons. The van der Waals surface area contributed by atoms with Crippen molar-refractivity contribution in [2.75, 3.05) is 26.3 Å². The third-order valence-corrected chi connectivity index (χ3v) is 5.27. The highest BCUT2D eigenvalue weighted by Crippen LogP contribution is 2.37. The van der Waals surface area contributed by atoms with Crippen LogP contribution in [0, 0.1) is 5.92 Å². The smallest absolute Gasteiger partial charge is 0.410 e. The third-order valence-electron chi connectivity index (χ3n) is 5.27. The summed E-state index contributed by atoms with van der Waals surface area (Å²) in [4.78, 5) is 25.5. The Balaban J connectivity index is 1.97. The Labute approximate surface area is 194 Å². The van der Waals surface area contributed by atoms with Crippen LogP contribution in [0.4, 0.5) is 13.6 Å². The Kier molecular flexibility index (Phi) is 8.95. The maximum atomic E-state index is 13.8. The fourth-order valence-corrected chi connectivity index (χ4v) is 3.51. The number of hydrogen-bond acceptors (Lipinski definition) is 6. The summed E-state index contributed by atoms with van der Waals surface area (Å²) >= 11 is 0. The number of halogens is 2. The fraction of sp³-hybridized carbons (Fsp3) is 0.667. The van der Waals surface area contributed by atoms with Crippen LogP contribution in [0.2, 0.25) is 0 Å². The van der Waals surface area contributed by atoms with Crippen LogP contribution in [0.15, 0.2) is 24.3 Å². The number of ether oxygens (including phenoxy) is 3. The first-order chi connectivity index (χ1) is 15.3. The second-order valence-corrected chi connectivity index (χ2v) is 9.75. The number of aldehydes is 1. The lowest BCUT2D eigenvalue weighted by Crippen LogP contribution is -2.53. The first-order valence-corrected chi connectivity index (χ1v) is 11.1. The zero-order valence-corrected chi connectivity index (χ0v) is 20.0. The minimum absolute atomic E-state index is 0.0283. The molecule has 0 unspecified atom stereocenters. The minimum Gasteiger partial charge on any atom is -0.444 e. The van der Waals surface area contributed by atoms with Crippen molar-refractivity contribution in [2.24, 2.45) is 5.92 Å². The lowest BCUT2D eigenvalue weighted by molar-refractivity contribution is -0.135. The Morgan fingerprint density at radius 2 is 1.88 bits per heavy atom. The molecule has 0 bridgehead atoms. The lowest BCUT2D eigenvalue weighted by Gasteiger charge is -2.42. The summed E-state index contributed by atoms with van der Waals surface area (Å²) in [6.07, 6.45) is -0.0116. The van der Waals surface area contributed by atoms with Crippen molar-refractivity contribution in [1.29, 1.82) is 0 Å². The molecule has 1 fully saturated rings. The maximum absolute atomic E-state index is 13.8. The molecule has 1 aliphatic rings. The maximum Gasteiger partial charge on any atom is 0.410 e. The van der Waals surface area contributed by atoms with Crippen molar-refractivity contribution in [1.82, 2.24) is 4.90 Å². The average molecular weight is 472 g/mol. The Morgan fingerprint density at radius 3 is 2.42 bits per heavy atom. The normalized spacial score (nSPS) is 21.8. The van der Waals surface area contributed by atoms with E-state index in [1.165, 1.54) is 4.90 Å². The zero-order chi connectivity index (χ0) is 24.9. The number of nitrogens with zero attached hydrogens (tertiary/aromatic N) is 1. The highest BCUT2D eigenvalue weighted by atomic mass is 19.3. The molecule has 1 heterocycles. The number of rotatable bonds is 9. The van der Waals surface area contributed by atoms with Gasteiger partial charge in [0.25, 0.3) is 5.92 Å². The molecule has 0 aromatic heterocycles. The number of benzene rings is 1. The number of carbonyl (C=O) groups is 2. The monoisotopic (exact) mass is 471 g/mol. The average Bonchev–Trinajstić information content (AvgIpc) is 2.71. The van der Waals surface area contributed by atoms with Crippen LogP contribution < -0.4 is 0 Å². The second-order valence-electron chi connectivity index (χ2n) is 9.75. The van der Waals surface area contributed by atoms with Crippen LogP contribution in [0.5, 0.6) is 0 Å². The standard InChI is InChI=1S/C24H35F2NO6/c1-17(2)32-16-23(25,26)15-31-14-18-6-8-19(9-7-18)24(30)10-11-27(12-20(24)13-28)21(29)33-22(3,4)5/h6-9,13,17,20,30H,10-12,14-16H2,1-5H3/t20-,24+/m1/s1. The molecule has 2 atom stereocenters. The van der Waals surface area contributed by atoms with Gasteiger partial charge in [-0.2, -0.15) is 0 Å². The number of alkyl halides is 2. The number of carbonyl (C=O) groups excluding carboxylic acids is 2. The molecule has 1 saturated heterocycles. The Morgan fingerprint density at radius 1 is 1.24 bits per heavy atom. The van der Waals surface area contributed by atoms with E-state index in [4.69, 9.17) is 14.2 Å². The lowest BCUT2D eigenvalue weighted by atomic mass is 9.76. The van der Waals surface area contributed by atoms with E-state index in [1.807, 2.05) is 0 Å². The molecular formula is C24H35F2NO6. The van der Waals surface area contributed by atoms with Gasteiger partial charge in [-0.1, -0.05) is 24.3 Å². The van der Waals surface area contributed by atoms with Gasteiger partial charge in [0, 0.05) is 13.1 Å². The van der Waals surface area contributed by atoms with Crippen LogP contribution in [0.25, 0.3) is 0 Å². The molecule has 0 aliphatic carbocycles. The van der Waals surface area contributed by atoms with E-state index in [1.54, 1.807) is 58.9 Å². The van der Waals surface area contributed by atoms with Gasteiger partial charge in [0.1, 0.15) is 30.7 Å². The highest BCUT2D eigenvalue weighted by molar-refractivity contribution is 5.70. The van der Waals surface area contributed by atoms with Crippen molar-refractivity contribution in [2.45, 2.75) is 70.9 Å². The number of piperidine rings is 1. The number of likely N-dealkylation sites (tertiary alicyclic amines) is 1. The number of amides is 1. The van der Waals surface area contributed by atoms with Gasteiger partial charge in [-0.3, -0.25) is 0 Å². The minimum atomic E-state index is -3.08. The van der Waals surface area contributed by atoms with Gasteiger partial charge >= 0.3 is 6.09 Å². The summed E-state index contributed by atoms with van der Waals surface area (Å²) < 4.78 is 43.0. The van der Waals surface area contributed by atoms with E-state index in [2.05, 4.69) is 0 Å². The summed E-state index contributed by atoms with van der Waals surface area (Å²) in [6, 6.07) is 6.63. The van der Waals surface area contributed by atoms with E-state index >= 15 is 0 Å². The van der Waals surface area contributed by atoms with Gasteiger partial charge in [-0.25, -0.2) is 13.6 Å². The van der Waals surface area contributed by atoms with Crippen molar-refractivity contribution in [3.05, 3.63) is 35.4 Å². The predicted molar refractivity (Wildman–Crippen MR) is 118 cm³/mol. The SMILES string of the molecule is CC(C)OCC(F)(F)COCc1ccc([C@@]2(O)CCN(C(=O)OC(C)(C)C)C[C@@H]2C=O)cc1. The topological polar surface area (TPSA) is 85.3 Å². The third kappa shape index (κ3) is 8.01. The first kappa shape index (κ1) is 27.1. The molecule has 9 heteroatoms. The first-order valence-electron chi connectivity index (χ1n) is 11.1. The predicted octanol–water partition coefficient (Wildman–Crippen LogP) is 3.91. The van der Waals surface area contributed by atoms with E-state index in [0.29, 0.717) is 17.4 Å². The molecule has 1 amide bonds. The van der Waals surface area contributed by atoms with Gasteiger partial charge < -0.3 is 29.0 Å². The fourth-order valence-electron chi connectivity index (χ4n) is 3.51. The number of aliphatic hydroxyl groups is 1. The molecule has 0 saturated carbocycles. The summed E-state index contributed by atoms with van der Waals surface area (Å²) in [5, 5.41) is 11.3. The quantitative estimate of drug-likeness (QED) is 0.550. The highest BCUT2D eigenvalue weighted by Gasteiger charge is 2.44. The summed E-state index contributed by atoms with van der Waals surface area (Å²) in [6.45, 7) is 7.41. The van der Waals surface area contributed by atoms with E-state index in [9.17, 15) is 23.5 Å². The van der Waals surface area contributed by atoms with Crippen LogP contribution in [-0.2, 0) is 31.2 Å². The van der Waals surface area contributed by atoms with Crippen LogP contribution in [-0.4, -0.2) is 66.3 Å². The zero-order valence-electron chi connectivity index (χ0n) is 20.0. The van der Waals surface area contributed by atoms with Crippen molar-refractivity contribution < 1.29 is 37.7 Å². The number of hydrogen-bond donors (Lipinski definition) is 1. The largest absolute Gasteiger partial charge is 0.444 e. The van der Waals surface area contributed by atoms with Crippen molar-refractivity contribution in [3.63, 3.8) is 0 Å². The van der Waals surface area contributed by atoms with E-state index in [0.717, 1.165) is 0 Å². The molecule has 7 nitrogen and oxygen atoms in total. The molecule has 33 heavy (non-hydrogen) atoms. The van der Waals surface area contributed by atoms with Gasteiger partial charge in [-0.05, 0) is 52.2 Å². The molecule has 0 radical (unpaired) electrons. The van der Waals surface area contributed by atoms with Crippen LogP contribution >= 0.6 is 0 Å².